The lowest BCUT2D eigenvalue weighted by Crippen LogP contribution is -2.32. The number of carbonyl (C=O) groups is 2. The summed E-state index contributed by atoms with van der Waals surface area (Å²) in [6.07, 6.45) is 1.88. The largest absolute Gasteiger partial charge is 0.339 e. The normalized spacial score (nSPS) is 10.6. The zero-order chi connectivity index (χ0) is 18.4. The molecule has 0 bridgehead atoms. The highest BCUT2D eigenvalue weighted by Crippen LogP contribution is 2.19. The van der Waals surface area contributed by atoms with E-state index in [9.17, 15) is 9.59 Å². The predicted octanol–water partition coefficient (Wildman–Crippen LogP) is 4.27. The molecule has 0 aliphatic rings. The van der Waals surface area contributed by atoms with Crippen LogP contribution in [0.5, 0.6) is 0 Å². The van der Waals surface area contributed by atoms with Crippen molar-refractivity contribution in [2.24, 2.45) is 0 Å². The van der Waals surface area contributed by atoms with Gasteiger partial charge >= 0.3 is 0 Å². The van der Waals surface area contributed by atoms with Crippen molar-refractivity contribution in [3.05, 3.63) is 45.4 Å². The maximum absolute atomic E-state index is 12.6. The second-order valence-corrected chi connectivity index (χ2v) is 7.17. The van der Waals surface area contributed by atoms with Crippen LogP contribution in [0.4, 0.5) is 5.69 Å². The predicted molar refractivity (Wildman–Crippen MR) is 102 cm³/mol. The van der Waals surface area contributed by atoms with E-state index in [1.165, 1.54) is 11.3 Å². The summed E-state index contributed by atoms with van der Waals surface area (Å²) in [4.78, 5) is 31.7. The standard InChI is InChI=1S/C19H25N3O2S/c1-5-11-22(12-6-2)19(24)15-7-9-16(10-8-15)21-18(23)17-13(3)20-14(4)25-17/h7-10H,5-6,11-12H2,1-4H3,(H,21,23). The van der Waals surface area contributed by atoms with Crippen LogP contribution < -0.4 is 5.32 Å². The average molecular weight is 359 g/mol. The molecule has 1 aromatic carbocycles. The van der Waals surface area contributed by atoms with Crippen molar-refractivity contribution in [1.82, 2.24) is 9.88 Å². The topological polar surface area (TPSA) is 62.3 Å². The molecule has 0 saturated carbocycles. The van der Waals surface area contributed by atoms with Gasteiger partial charge in [0, 0.05) is 24.3 Å². The fourth-order valence-electron chi connectivity index (χ4n) is 2.66. The number of anilines is 1. The van der Waals surface area contributed by atoms with Crippen LogP contribution in [0.3, 0.4) is 0 Å². The molecule has 0 saturated heterocycles. The summed E-state index contributed by atoms with van der Waals surface area (Å²) >= 11 is 1.38. The Morgan fingerprint density at radius 2 is 1.68 bits per heavy atom. The molecule has 25 heavy (non-hydrogen) atoms. The quantitative estimate of drug-likeness (QED) is 0.803. The van der Waals surface area contributed by atoms with Gasteiger partial charge in [0.1, 0.15) is 4.88 Å². The Labute approximate surface area is 153 Å². The molecule has 1 heterocycles. The molecule has 1 aromatic heterocycles. The average Bonchev–Trinajstić information content (AvgIpc) is 2.93. The maximum atomic E-state index is 12.6. The number of hydrogen-bond donors (Lipinski definition) is 1. The van der Waals surface area contributed by atoms with E-state index in [0.717, 1.165) is 36.6 Å². The van der Waals surface area contributed by atoms with Crippen LogP contribution in [0.15, 0.2) is 24.3 Å². The summed E-state index contributed by atoms with van der Waals surface area (Å²) in [6, 6.07) is 7.07. The van der Waals surface area contributed by atoms with E-state index in [2.05, 4.69) is 24.1 Å². The van der Waals surface area contributed by atoms with E-state index in [4.69, 9.17) is 0 Å². The van der Waals surface area contributed by atoms with Crippen molar-refractivity contribution in [2.45, 2.75) is 40.5 Å². The molecule has 0 radical (unpaired) electrons. The van der Waals surface area contributed by atoms with Crippen molar-refractivity contribution in [3.63, 3.8) is 0 Å². The van der Waals surface area contributed by atoms with Gasteiger partial charge in [-0.2, -0.15) is 0 Å². The van der Waals surface area contributed by atoms with Gasteiger partial charge in [0.15, 0.2) is 0 Å². The molecule has 6 heteroatoms. The highest BCUT2D eigenvalue weighted by atomic mass is 32.1. The number of hydrogen-bond acceptors (Lipinski definition) is 4. The molecule has 2 aromatic rings. The molecule has 5 nitrogen and oxygen atoms in total. The molecule has 0 aliphatic carbocycles. The Morgan fingerprint density at radius 1 is 1.08 bits per heavy atom. The first-order valence-electron chi connectivity index (χ1n) is 8.61. The van der Waals surface area contributed by atoms with Crippen LogP contribution in [0.2, 0.25) is 0 Å². The summed E-state index contributed by atoms with van der Waals surface area (Å²) in [5.41, 5.74) is 2.05. The third-order valence-electron chi connectivity index (χ3n) is 3.77. The number of nitrogens with one attached hydrogen (secondary N) is 1. The third kappa shape index (κ3) is 4.89. The number of aryl methyl sites for hydroxylation is 2. The third-order valence-corrected chi connectivity index (χ3v) is 4.85. The molecular weight excluding hydrogens is 334 g/mol. The second kappa shape index (κ2) is 8.76. The highest BCUT2D eigenvalue weighted by Gasteiger charge is 2.16. The molecular formula is C19H25N3O2S. The lowest BCUT2D eigenvalue weighted by molar-refractivity contribution is 0.0755. The van der Waals surface area contributed by atoms with Crippen molar-refractivity contribution in [2.75, 3.05) is 18.4 Å². The molecule has 2 amide bonds. The van der Waals surface area contributed by atoms with Gasteiger partial charge in [-0.1, -0.05) is 13.8 Å². The number of amides is 2. The van der Waals surface area contributed by atoms with E-state index in [0.29, 0.717) is 16.1 Å². The summed E-state index contributed by atoms with van der Waals surface area (Å²) in [6.45, 7) is 9.36. The molecule has 0 unspecified atom stereocenters. The first-order chi connectivity index (χ1) is 12.0. The summed E-state index contributed by atoms with van der Waals surface area (Å²) < 4.78 is 0. The molecule has 0 aliphatic heterocycles. The lowest BCUT2D eigenvalue weighted by Gasteiger charge is -2.21. The van der Waals surface area contributed by atoms with Gasteiger partial charge < -0.3 is 10.2 Å². The zero-order valence-electron chi connectivity index (χ0n) is 15.3. The van der Waals surface area contributed by atoms with Crippen LogP contribution in [0.25, 0.3) is 0 Å². The van der Waals surface area contributed by atoms with Crippen LogP contribution >= 0.6 is 11.3 Å². The molecule has 0 atom stereocenters. The Balaban J connectivity index is 2.07. The van der Waals surface area contributed by atoms with Crippen molar-refractivity contribution >= 4 is 28.8 Å². The first-order valence-corrected chi connectivity index (χ1v) is 9.42. The minimum Gasteiger partial charge on any atom is -0.339 e. The van der Waals surface area contributed by atoms with E-state index in [-0.39, 0.29) is 11.8 Å². The van der Waals surface area contributed by atoms with E-state index < -0.39 is 0 Å². The SMILES string of the molecule is CCCN(CCC)C(=O)c1ccc(NC(=O)c2sc(C)nc2C)cc1. The maximum Gasteiger partial charge on any atom is 0.267 e. The van der Waals surface area contributed by atoms with E-state index in [1.54, 1.807) is 24.3 Å². The zero-order valence-corrected chi connectivity index (χ0v) is 16.1. The number of nitrogens with zero attached hydrogens (tertiary/aromatic N) is 2. The number of aromatic nitrogens is 1. The van der Waals surface area contributed by atoms with E-state index in [1.807, 2.05) is 18.7 Å². The van der Waals surface area contributed by atoms with Gasteiger partial charge in [0.05, 0.1) is 10.7 Å². The van der Waals surface area contributed by atoms with Crippen LogP contribution in [-0.2, 0) is 0 Å². The van der Waals surface area contributed by atoms with E-state index >= 15 is 0 Å². The van der Waals surface area contributed by atoms with Crippen LogP contribution in [0.1, 0.15) is 57.4 Å². The van der Waals surface area contributed by atoms with Gasteiger partial charge in [0.2, 0.25) is 0 Å². The minimum absolute atomic E-state index is 0.0375. The Bertz CT molecular complexity index is 732. The Hall–Kier alpha value is -2.21. The highest BCUT2D eigenvalue weighted by molar-refractivity contribution is 7.13. The molecule has 134 valence electrons. The van der Waals surface area contributed by atoms with Gasteiger partial charge in [0.25, 0.3) is 11.8 Å². The summed E-state index contributed by atoms with van der Waals surface area (Å²) in [7, 11) is 0. The summed E-state index contributed by atoms with van der Waals surface area (Å²) in [5.74, 6) is -0.128. The first kappa shape index (κ1) is 19.1. The Kier molecular flexibility index (Phi) is 6.70. The van der Waals surface area contributed by atoms with Gasteiger partial charge in [-0.3, -0.25) is 9.59 Å². The number of thiazole rings is 1. The van der Waals surface area contributed by atoms with Crippen molar-refractivity contribution in [1.29, 1.82) is 0 Å². The molecule has 1 N–H and O–H groups in total. The fraction of sp³-hybridized carbons (Fsp3) is 0.421. The number of benzene rings is 1. The Morgan fingerprint density at radius 3 is 2.16 bits per heavy atom. The van der Waals surface area contributed by atoms with Gasteiger partial charge in [-0.25, -0.2) is 4.98 Å². The molecule has 2 rings (SSSR count). The summed E-state index contributed by atoms with van der Waals surface area (Å²) in [5, 5.41) is 3.74. The van der Waals surface area contributed by atoms with Crippen molar-refractivity contribution in [3.8, 4) is 0 Å². The number of carbonyl (C=O) groups excluding carboxylic acids is 2. The fourth-order valence-corrected chi connectivity index (χ4v) is 3.48. The van der Waals surface area contributed by atoms with Crippen LogP contribution in [0, 0.1) is 13.8 Å². The second-order valence-electron chi connectivity index (χ2n) is 5.97. The lowest BCUT2D eigenvalue weighted by atomic mass is 10.1. The number of rotatable bonds is 7. The molecule has 0 fully saturated rings. The minimum atomic E-state index is -0.166. The molecule has 0 spiro atoms. The van der Waals surface area contributed by atoms with Gasteiger partial charge in [-0.05, 0) is 51.0 Å². The smallest absolute Gasteiger partial charge is 0.267 e. The van der Waals surface area contributed by atoms with Crippen LogP contribution in [-0.4, -0.2) is 34.8 Å². The van der Waals surface area contributed by atoms with Crippen molar-refractivity contribution < 1.29 is 9.59 Å². The monoisotopic (exact) mass is 359 g/mol. The van der Waals surface area contributed by atoms with Gasteiger partial charge in [-0.15, -0.1) is 11.3 Å².